The van der Waals surface area contributed by atoms with Gasteiger partial charge in [0.1, 0.15) is 18.5 Å². The van der Waals surface area contributed by atoms with Crippen LogP contribution in [0.3, 0.4) is 0 Å². The maximum atomic E-state index is 14.0. The second-order valence-corrected chi connectivity index (χ2v) is 10.3. The number of ether oxygens (including phenoxy) is 1. The topological polar surface area (TPSA) is 99.4 Å². The Balaban J connectivity index is 1.48. The second kappa shape index (κ2) is 14.7. The van der Waals surface area contributed by atoms with Gasteiger partial charge in [0.25, 0.3) is 5.69 Å². The van der Waals surface area contributed by atoms with E-state index in [2.05, 4.69) is 30.9 Å². The summed E-state index contributed by atoms with van der Waals surface area (Å²) >= 11 is 0. The van der Waals surface area contributed by atoms with Crippen LogP contribution in [0.25, 0.3) is 0 Å². The van der Waals surface area contributed by atoms with Crippen LogP contribution in [0.4, 0.5) is 17.1 Å². The van der Waals surface area contributed by atoms with E-state index in [-0.39, 0.29) is 31.3 Å². The first-order chi connectivity index (χ1) is 19.9. The SMILES string of the molecule is CCN(CC)CCCN(CC(=O)N1c2ccccc2CCc2ccccc21)CC(O)COc1ccc([N+](=O)[O-])cc1. The third-order valence-electron chi connectivity index (χ3n) is 7.54. The summed E-state index contributed by atoms with van der Waals surface area (Å²) in [6.45, 7) is 8.16. The molecule has 0 radical (unpaired) electrons. The minimum Gasteiger partial charge on any atom is -0.491 e. The van der Waals surface area contributed by atoms with E-state index in [1.54, 1.807) is 0 Å². The molecule has 4 rings (SSSR count). The number of fused-ring (bicyclic) bond motifs is 2. The summed E-state index contributed by atoms with van der Waals surface area (Å²) in [5.74, 6) is 0.398. The van der Waals surface area contributed by atoms with Crippen molar-refractivity contribution in [1.29, 1.82) is 0 Å². The Morgan fingerprint density at radius 1 is 0.927 bits per heavy atom. The number of benzene rings is 3. The van der Waals surface area contributed by atoms with Crippen LogP contribution < -0.4 is 9.64 Å². The number of para-hydroxylation sites is 2. The lowest BCUT2D eigenvalue weighted by Gasteiger charge is -2.30. The standard InChI is InChI=1S/C32H40N4O5/c1-3-33(4-2)20-9-21-34(22-28(37)24-41-29-18-16-27(17-19-29)36(39)40)23-32(38)35-30-12-7-5-10-25(30)14-15-26-11-6-8-13-31(26)35/h5-8,10-13,16-19,28,37H,3-4,9,14-15,20-24H2,1-2H3. The van der Waals surface area contributed by atoms with Gasteiger partial charge < -0.3 is 14.7 Å². The van der Waals surface area contributed by atoms with Crippen molar-refractivity contribution in [3.8, 4) is 5.75 Å². The molecule has 0 saturated carbocycles. The third-order valence-corrected chi connectivity index (χ3v) is 7.54. The zero-order valence-electron chi connectivity index (χ0n) is 23.9. The number of hydrogen-bond acceptors (Lipinski definition) is 7. The highest BCUT2D eigenvalue weighted by atomic mass is 16.6. The molecule has 3 aromatic rings. The maximum Gasteiger partial charge on any atom is 0.269 e. The highest BCUT2D eigenvalue weighted by Crippen LogP contribution is 2.36. The predicted molar refractivity (Wildman–Crippen MR) is 161 cm³/mol. The molecule has 3 aromatic carbocycles. The minimum absolute atomic E-state index is 0.00786. The fourth-order valence-corrected chi connectivity index (χ4v) is 5.31. The molecule has 1 unspecified atom stereocenters. The maximum absolute atomic E-state index is 14.0. The van der Waals surface area contributed by atoms with Gasteiger partial charge in [-0.15, -0.1) is 0 Å². The average molecular weight is 561 g/mol. The van der Waals surface area contributed by atoms with Crippen LogP contribution in [0.2, 0.25) is 0 Å². The molecular formula is C32H40N4O5. The van der Waals surface area contributed by atoms with Crippen LogP contribution in [-0.2, 0) is 17.6 Å². The van der Waals surface area contributed by atoms with Crippen LogP contribution >= 0.6 is 0 Å². The number of aryl methyl sites for hydroxylation is 2. The summed E-state index contributed by atoms with van der Waals surface area (Å²) in [6.07, 6.45) is 1.74. The van der Waals surface area contributed by atoms with Crippen molar-refractivity contribution in [2.75, 3.05) is 50.8 Å². The van der Waals surface area contributed by atoms with E-state index in [1.807, 2.05) is 46.2 Å². The lowest BCUT2D eigenvalue weighted by molar-refractivity contribution is -0.384. The fourth-order valence-electron chi connectivity index (χ4n) is 5.31. The van der Waals surface area contributed by atoms with Crippen molar-refractivity contribution in [3.05, 3.63) is 94.0 Å². The highest BCUT2D eigenvalue weighted by molar-refractivity contribution is 6.03. The number of amides is 1. The molecule has 1 atom stereocenters. The lowest BCUT2D eigenvalue weighted by atomic mass is 10.0. The number of aliphatic hydroxyl groups is 1. The van der Waals surface area contributed by atoms with Crippen molar-refractivity contribution >= 4 is 23.0 Å². The smallest absolute Gasteiger partial charge is 0.269 e. The highest BCUT2D eigenvalue weighted by Gasteiger charge is 2.27. The van der Waals surface area contributed by atoms with Crippen LogP contribution in [0.5, 0.6) is 5.75 Å². The Bertz CT molecular complexity index is 1250. The average Bonchev–Trinajstić information content (AvgIpc) is 3.15. The first kappa shape index (κ1) is 30.2. The Morgan fingerprint density at radius 2 is 1.49 bits per heavy atom. The van der Waals surface area contributed by atoms with Crippen molar-refractivity contribution in [3.63, 3.8) is 0 Å². The van der Waals surface area contributed by atoms with Gasteiger partial charge in [0.05, 0.1) is 22.8 Å². The zero-order valence-corrected chi connectivity index (χ0v) is 23.9. The number of carbonyl (C=O) groups excluding carboxylic acids is 1. The minimum atomic E-state index is -0.852. The Labute approximate surface area is 242 Å². The van der Waals surface area contributed by atoms with Crippen molar-refractivity contribution in [1.82, 2.24) is 9.80 Å². The van der Waals surface area contributed by atoms with Gasteiger partial charge in [0.15, 0.2) is 0 Å². The monoisotopic (exact) mass is 560 g/mol. The second-order valence-electron chi connectivity index (χ2n) is 10.3. The number of rotatable bonds is 14. The van der Waals surface area contributed by atoms with E-state index < -0.39 is 11.0 Å². The van der Waals surface area contributed by atoms with E-state index in [1.165, 1.54) is 24.3 Å². The quantitative estimate of drug-likeness (QED) is 0.223. The molecule has 41 heavy (non-hydrogen) atoms. The zero-order chi connectivity index (χ0) is 29.2. The molecule has 0 spiro atoms. The summed E-state index contributed by atoms with van der Waals surface area (Å²) in [6, 6.07) is 21.9. The molecule has 1 amide bonds. The van der Waals surface area contributed by atoms with Crippen molar-refractivity contribution in [2.45, 2.75) is 39.2 Å². The number of hydrogen-bond donors (Lipinski definition) is 1. The van der Waals surface area contributed by atoms with Crippen molar-refractivity contribution in [2.24, 2.45) is 0 Å². The molecule has 9 nitrogen and oxygen atoms in total. The van der Waals surface area contributed by atoms with Gasteiger partial charge >= 0.3 is 0 Å². The lowest BCUT2D eigenvalue weighted by Crippen LogP contribution is -2.44. The van der Waals surface area contributed by atoms with E-state index >= 15 is 0 Å². The molecule has 0 fully saturated rings. The van der Waals surface area contributed by atoms with Gasteiger partial charge in [0, 0.05) is 25.2 Å². The van der Waals surface area contributed by atoms with Gasteiger partial charge in [-0.05, 0) is 74.3 Å². The molecule has 0 aliphatic carbocycles. The van der Waals surface area contributed by atoms with Gasteiger partial charge in [0.2, 0.25) is 5.91 Å². The van der Waals surface area contributed by atoms with Crippen molar-refractivity contribution < 1.29 is 19.6 Å². The fraction of sp³-hybridized carbons (Fsp3) is 0.406. The molecule has 1 N–H and O–H groups in total. The summed E-state index contributed by atoms with van der Waals surface area (Å²) in [5.41, 5.74) is 4.08. The number of nitro benzene ring substituents is 1. The number of anilines is 2. The van der Waals surface area contributed by atoms with Gasteiger partial charge in [-0.2, -0.15) is 0 Å². The Morgan fingerprint density at radius 3 is 2.05 bits per heavy atom. The third kappa shape index (κ3) is 8.13. The van der Waals surface area contributed by atoms with Gasteiger partial charge in [-0.3, -0.25) is 24.7 Å². The van der Waals surface area contributed by atoms with Crippen LogP contribution in [0.15, 0.2) is 72.8 Å². The molecule has 1 heterocycles. The Hall–Kier alpha value is -3.79. The normalized spacial score (nSPS) is 13.4. The van der Waals surface area contributed by atoms with Crippen LogP contribution in [0, 0.1) is 10.1 Å². The van der Waals surface area contributed by atoms with E-state index in [9.17, 15) is 20.0 Å². The number of nitro groups is 1. The molecule has 1 aliphatic heterocycles. The molecule has 9 heteroatoms. The predicted octanol–water partition coefficient (Wildman–Crippen LogP) is 4.83. The number of carbonyl (C=O) groups is 1. The molecular weight excluding hydrogens is 520 g/mol. The first-order valence-electron chi connectivity index (χ1n) is 14.4. The first-order valence-corrected chi connectivity index (χ1v) is 14.4. The van der Waals surface area contributed by atoms with E-state index in [0.29, 0.717) is 12.3 Å². The molecule has 0 bridgehead atoms. The van der Waals surface area contributed by atoms with E-state index in [4.69, 9.17) is 4.74 Å². The summed E-state index contributed by atoms with van der Waals surface area (Å²) in [4.78, 5) is 30.7. The molecule has 0 aromatic heterocycles. The summed E-state index contributed by atoms with van der Waals surface area (Å²) in [7, 11) is 0. The number of aliphatic hydroxyl groups excluding tert-OH is 1. The van der Waals surface area contributed by atoms with Crippen LogP contribution in [0.1, 0.15) is 31.4 Å². The summed E-state index contributed by atoms with van der Waals surface area (Å²) in [5, 5.41) is 21.8. The molecule has 0 saturated heterocycles. The number of non-ortho nitro benzene ring substituents is 1. The largest absolute Gasteiger partial charge is 0.491 e. The summed E-state index contributed by atoms with van der Waals surface area (Å²) < 4.78 is 5.71. The molecule has 1 aliphatic rings. The Kier molecular flexibility index (Phi) is 10.8. The van der Waals surface area contributed by atoms with Gasteiger partial charge in [-0.25, -0.2) is 0 Å². The number of nitrogens with zero attached hydrogens (tertiary/aromatic N) is 4. The molecule has 218 valence electrons. The van der Waals surface area contributed by atoms with Gasteiger partial charge in [-0.1, -0.05) is 50.2 Å². The van der Waals surface area contributed by atoms with Crippen LogP contribution in [-0.4, -0.2) is 77.7 Å². The van der Waals surface area contributed by atoms with E-state index in [0.717, 1.165) is 61.4 Å².